The molecule has 0 amide bonds. The van der Waals surface area contributed by atoms with Gasteiger partial charge in [0.15, 0.2) is 0 Å². The number of methoxy groups -OCH3 is 1. The van der Waals surface area contributed by atoms with Crippen molar-refractivity contribution in [3.63, 3.8) is 0 Å². The average Bonchev–Trinajstić information content (AvgIpc) is 2.46. The molecule has 1 aromatic carbocycles. The minimum absolute atomic E-state index is 0.126. The molecular weight excluding hydrogens is 283 g/mol. The van der Waals surface area contributed by atoms with Gasteiger partial charge in [-0.05, 0) is 19.1 Å². The van der Waals surface area contributed by atoms with Gasteiger partial charge in [-0.15, -0.1) is 0 Å². The highest BCUT2D eigenvalue weighted by Crippen LogP contribution is 2.33. The van der Waals surface area contributed by atoms with Crippen LogP contribution in [0, 0.1) is 0 Å². The van der Waals surface area contributed by atoms with Crippen LogP contribution in [0.15, 0.2) is 30.3 Å². The lowest BCUT2D eigenvalue weighted by Gasteiger charge is -2.12. The zero-order valence-corrected chi connectivity index (χ0v) is 11.5. The maximum Gasteiger partial charge on any atom is 0.451 e. The van der Waals surface area contributed by atoms with Gasteiger partial charge < -0.3 is 10.1 Å². The second kappa shape index (κ2) is 5.99. The van der Waals surface area contributed by atoms with E-state index in [0.29, 0.717) is 17.9 Å². The molecule has 4 nitrogen and oxygen atoms in total. The summed E-state index contributed by atoms with van der Waals surface area (Å²) in [6.07, 6.45) is -4.61. The Morgan fingerprint density at radius 2 is 1.90 bits per heavy atom. The summed E-state index contributed by atoms with van der Waals surface area (Å²) in [5.41, 5.74) is 0.637. The molecule has 0 atom stereocenters. The monoisotopic (exact) mass is 297 g/mol. The summed E-state index contributed by atoms with van der Waals surface area (Å²) >= 11 is 0. The summed E-state index contributed by atoms with van der Waals surface area (Å²) in [6, 6.07) is 8.23. The quantitative estimate of drug-likeness (QED) is 0.936. The number of nitrogens with zero attached hydrogens (tertiary/aromatic N) is 2. The standard InChI is InChI=1S/C14H14F3N3O/c1-3-18-12-8-10(19-13(20-12)14(15,16)17)9-6-4-5-7-11(9)21-2/h4-8H,3H2,1-2H3,(H,18,19,20). The van der Waals surface area contributed by atoms with Crippen molar-refractivity contribution in [3.8, 4) is 17.0 Å². The lowest BCUT2D eigenvalue weighted by molar-refractivity contribution is -0.144. The number of alkyl halides is 3. The van der Waals surface area contributed by atoms with Gasteiger partial charge in [0.05, 0.1) is 12.8 Å². The van der Waals surface area contributed by atoms with Crippen LogP contribution in [-0.2, 0) is 6.18 Å². The summed E-state index contributed by atoms with van der Waals surface area (Å²) < 4.78 is 43.9. The Hall–Kier alpha value is -2.31. The van der Waals surface area contributed by atoms with Gasteiger partial charge in [-0.3, -0.25) is 0 Å². The maximum atomic E-state index is 12.9. The Morgan fingerprint density at radius 3 is 2.52 bits per heavy atom. The van der Waals surface area contributed by atoms with E-state index in [4.69, 9.17) is 4.74 Å². The van der Waals surface area contributed by atoms with E-state index in [1.54, 1.807) is 31.2 Å². The highest BCUT2D eigenvalue weighted by molar-refractivity contribution is 5.69. The molecule has 0 radical (unpaired) electrons. The minimum Gasteiger partial charge on any atom is -0.496 e. The molecule has 1 heterocycles. The van der Waals surface area contributed by atoms with Crippen molar-refractivity contribution in [2.75, 3.05) is 19.0 Å². The Balaban J connectivity index is 2.59. The first-order valence-electron chi connectivity index (χ1n) is 6.29. The molecule has 0 spiro atoms. The smallest absolute Gasteiger partial charge is 0.451 e. The fourth-order valence-electron chi connectivity index (χ4n) is 1.84. The number of aromatic nitrogens is 2. The van der Waals surface area contributed by atoms with Crippen molar-refractivity contribution in [1.82, 2.24) is 9.97 Å². The molecule has 0 fully saturated rings. The summed E-state index contributed by atoms with van der Waals surface area (Å²) in [5, 5.41) is 2.78. The molecule has 0 saturated carbocycles. The summed E-state index contributed by atoms with van der Waals surface area (Å²) in [6.45, 7) is 2.23. The van der Waals surface area contributed by atoms with Crippen molar-refractivity contribution < 1.29 is 17.9 Å². The molecule has 2 rings (SSSR count). The van der Waals surface area contributed by atoms with E-state index in [0.717, 1.165) is 0 Å². The number of nitrogens with one attached hydrogen (secondary N) is 1. The molecule has 21 heavy (non-hydrogen) atoms. The van der Waals surface area contributed by atoms with E-state index < -0.39 is 12.0 Å². The van der Waals surface area contributed by atoms with E-state index in [2.05, 4.69) is 15.3 Å². The second-order valence-electron chi connectivity index (χ2n) is 4.19. The fraction of sp³-hybridized carbons (Fsp3) is 0.286. The van der Waals surface area contributed by atoms with E-state index in [-0.39, 0.29) is 11.5 Å². The first-order chi connectivity index (χ1) is 9.95. The van der Waals surface area contributed by atoms with Crippen LogP contribution in [0.3, 0.4) is 0 Å². The molecule has 7 heteroatoms. The van der Waals surface area contributed by atoms with Crippen LogP contribution in [0.25, 0.3) is 11.3 Å². The molecule has 0 unspecified atom stereocenters. The first-order valence-corrected chi connectivity index (χ1v) is 6.29. The third kappa shape index (κ3) is 3.42. The predicted octanol–water partition coefficient (Wildman–Crippen LogP) is 3.60. The van der Waals surface area contributed by atoms with E-state index in [1.165, 1.54) is 13.2 Å². The largest absolute Gasteiger partial charge is 0.496 e. The van der Waals surface area contributed by atoms with Gasteiger partial charge in [0.1, 0.15) is 11.6 Å². The number of para-hydroxylation sites is 1. The molecule has 0 aliphatic rings. The summed E-state index contributed by atoms with van der Waals surface area (Å²) in [7, 11) is 1.45. The Bertz CT molecular complexity index is 629. The predicted molar refractivity (Wildman–Crippen MR) is 73.2 cm³/mol. The molecule has 0 aliphatic carbocycles. The van der Waals surface area contributed by atoms with E-state index in [9.17, 15) is 13.2 Å². The number of benzene rings is 1. The Labute approximate surface area is 120 Å². The SMILES string of the molecule is CCNc1cc(-c2ccccc2OC)nc(C(F)(F)F)n1. The average molecular weight is 297 g/mol. The molecule has 2 aromatic rings. The van der Waals surface area contributed by atoms with Gasteiger partial charge in [-0.2, -0.15) is 13.2 Å². The van der Waals surface area contributed by atoms with E-state index in [1.807, 2.05) is 0 Å². The third-order valence-electron chi connectivity index (χ3n) is 2.72. The highest BCUT2D eigenvalue weighted by Gasteiger charge is 2.35. The molecule has 112 valence electrons. The zero-order valence-electron chi connectivity index (χ0n) is 11.5. The molecular formula is C14H14F3N3O. The molecule has 0 saturated heterocycles. The molecule has 0 bridgehead atoms. The topological polar surface area (TPSA) is 47.0 Å². The van der Waals surface area contributed by atoms with Gasteiger partial charge >= 0.3 is 6.18 Å². The van der Waals surface area contributed by atoms with Gasteiger partial charge in [-0.1, -0.05) is 12.1 Å². The maximum absolute atomic E-state index is 12.9. The van der Waals surface area contributed by atoms with Crippen LogP contribution < -0.4 is 10.1 Å². The van der Waals surface area contributed by atoms with Crippen LogP contribution in [0.5, 0.6) is 5.75 Å². The first kappa shape index (κ1) is 15.1. The molecule has 0 aliphatic heterocycles. The number of ether oxygens (including phenoxy) is 1. The third-order valence-corrected chi connectivity index (χ3v) is 2.72. The number of hydrogen-bond acceptors (Lipinski definition) is 4. The Kier molecular flexibility index (Phi) is 4.30. The van der Waals surface area contributed by atoms with Crippen molar-refractivity contribution in [2.24, 2.45) is 0 Å². The van der Waals surface area contributed by atoms with Crippen molar-refractivity contribution >= 4 is 5.82 Å². The van der Waals surface area contributed by atoms with Gasteiger partial charge in [0, 0.05) is 18.2 Å². The normalized spacial score (nSPS) is 11.3. The van der Waals surface area contributed by atoms with Crippen LogP contribution in [-0.4, -0.2) is 23.6 Å². The lowest BCUT2D eigenvalue weighted by Crippen LogP contribution is -2.14. The zero-order chi connectivity index (χ0) is 15.5. The van der Waals surface area contributed by atoms with Crippen molar-refractivity contribution in [1.29, 1.82) is 0 Å². The number of anilines is 1. The highest BCUT2D eigenvalue weighted by atomic mass is 19.4. The minimum atomic E-state index is -4.61. The van der Waals surface area contributed by atoms with Crippen LogP contribution in [0.1, 0.15) is 12.7 Å². The summed E-state index contributed by atoms with van der Waals surface area (Å²) in [4.78, 5) is 7.10. The molecule has 1 N–H and O–H groups in total. The van der Waals surface area contributed by atoms with Gasteiger partial charge in [-0.25, -0.2) is 9.97 Å². The van der Waals surface area contributed by atoms with Crippen molar-refractivity contribution in [3.05, 3.63) is 36.2 Å². The van der Waals surface area contributed by atoms with Crippen LogP contribution in [0.4, 0.5) is 19.0 Å². The van der Waals surface area contributed by atoms with E-state index >= 15 is 0 Å². The lowest BCUT2D eigenvalue weighted by atomic mass is 10.1. The fourth-order valence-corrected chi connectivity index (χ4v) is 1.84. The van der Waals surface area contributed by atoms with Gasteiger partial charge in [0.25, 0.3) is 0 Å². The van der Waals surface area contributed by atoms with Crippen LogP contribution >= 0.6 is 0 Å². The Morgan fingerprint density at radius 1 is 1.19 bits per heavy atom. The van der Waals surface area contributed by atoms with Crippen molar-refractivity contribution in [2.45, 2.75) is 13.1 Å². The number of halogens is 3. The number of hydrogen-bond donors (Lipinski definition) is 1. The second-order valence-corrected chi connectivity index (χ2v) is 4.19. The summed E-state index contributed by atoms with van der Waals surface area (Å²) in [5.74, 6) is -0.602. The number of rotatable bonds is 4. The van der Waals surface area contributed by atoms with Gasteiger partial charge in [0.2, 0.25) is 5.82 Å². The molecule has 1 aromatic heterocycles. The van der Waals surface area contributed by atoms with Crippen LogP contribution in [0.2, 0.25) is 0 Å².